The lowest BCUT2D eigenvalue weighted by Gasteiger charge is -2.30. The summed E-state index contributed by atoms with van der Waals surface area (Å²) in [5.74, 6) is 0.829. The van der Waals surface area contributed by atoms with Gasteiger partial charge in [0, 0.05) is 50.4 Å². The summed E-state index contributed by atoms with van der Waals surface area (Å²) in [4.78, 5) is 37.7. The van der Waals surface area contributed by atoms with Crippen molar-refractivity contribution in [3.8, 4) is 11.5 Å². The molecule has 2 aromatic rings. The molecule has 2 aromatic carbocycles. The van der Waals surface area contributed by atoms with Crippen molar-refractivity contribution >= 4 is 23.2 Å². The van der Waals surface area contributed by atoms with Gasteiger partial charge < -0.3 is 25.0 Å². The van der Waals surface area contributed by atoms with Crippen molar-refractivity contribution in [1.29, 1.82) is 0 Å². The Morgan fingerprint density at radius 2 is 1.71 bits per heavy atom. The first-order valence-electron chi connectivity index (χ1n) is 11.5. The van der Waals surface area contributed by atoms with Crippen molar-refractivity contribution in [2.75, 3.05) is 33.6 Å². The number of hydrogen-bond donors (Lipinski definition) is 2. The van der Waals surface area contributed by atoms with Gasteiger partial charge >= 0.3 is 0 Å². The summed E-state index contributed by atoms with van der Waals surface area (Å²) < 4.78 is 10.5. The molecule has 0 aliphatic heterocycles. The third-order valence-electron chi connectivity index (χ3n) is 6.24. The monoisotopic (exact) mass is 484 g/mol. The van der Waals surface area contributed by atoms with E-state index < -0.39 is 10.8 Å². The normalized spacial score (nSPS) is 17.3. The van der Waals surface area contributed by atoms with Crippen LogP contribution in [-0.2, 0) is 11.3 Å². The number of rotatable bonds is 9. The molecule has 0 bridgehead atoms. The number of methoxy groups -OCH3 is 2. The maximum atomic E-state index is 13.1. The van der Waals surface area contributed by atoms with E-state index in [2.05, 4.69) is 10.6 Å². The third kappa shape index (κ3) is 6.40. The van der Waals surface area contributed by atoms with Gasteiger partial charge in [0.15, 0.2) is 11.5 Å². The minimum atomic E-state index is -0.521. The van der Waals surface area contributed by atoms with Gasteiger partial charge in [0.2, 0.25) is 5.91 Å². The van der Waals surface area contributed by atoms with Gasteiger partial charge in [0.1, 0.15) is 0 Å². The summed E-state index contributed by atoms with van der Waals surface area (Å²) in [6.45, 7) is 0.207. The lowest BCUT2D eigenvalue weighted by Crippen LogP contribution is -2.35. The zero-order valence-corrected chi connectivity index (χ0v) is 20.5. The molecular weight excluding hydrogens is 452 g/mol. The van der Waals surface area contributed by atoms with E-state index in [9.17, 15) is 19.7 Å². The van der Waals surface area contributed by atoms with Crippen molar-refractivity contribution in [2.45, 2.75) is 38.3 Å². The molecular formula is C25H32N4O6. The van der Waals surface area contributed by atoms with E-state index in [1.165, 1.54) is 19.2 Å². The molecule has 0 unspecified atom stereocenters. The third-order valence-corrected chi connectivity index (χ3v) is 6.24. The first-order valence-corrected chi connectivity index (χ1v) is 11.5. The molecule has 0 spiro atoms. The number of nitrogens with one attached hydrogen (secondary N) is 2. The summed E-state index contributed by atoms with van der Waals surface area (Å²) >= 11 is 0. The molecule has 10 nitrogen and oxygen atoms in total. The van der Waals surface area contributed by atoms with E-state index in [0.29, 0.717) is 17.2 Å². The predicted molar refractivity (Wildman–Crippen MR) is 132 cm³/mol. The van der Waals surface area contributed by atoms with Gasteiger partial charge in [-0.2, -0.15) is 0 Å². The zero-order valence-electron chi connectivity index (χ0n) is 20.5. The highest BCUT2D eigenvalue weighted by atomic mass is 16.6. The summed E-state index contributed by atoms with van der Waals surface area (Å²) in [6.07, 6.45) is 3.05. The Hall–Kier alpha value is -3.82. The first-order chi connectivity index (χ1) is 16.7. The molecule has 188 valence electrons. The zero-order chi connectivity index (χ0) is 25.5. The number of hydrogen-bond acceptors (Lipinski definition) is 7. The standard InChI is InChI=1S/C25H32N4O6/c1-28(2)25(31)17-6-8-18(9-7-17)27-21-11-10-19(29(32)33)14-20(21)24(30)26-15-16-5-12-22(34-3)23(13-16)35-4/h5,10-14,17-18,27H,6-9,15H2,1-4H3,(H,26,30). The van der Waals surface area contributed by atoms with Crippen LogP contribution < -0.4 is 20.1 Å². The summed E-state index contributed by atoms with van der Waals surface area (Å²) in [7, 11) is 6.60. The van der Waals surface area contributed by atoms with Crippen LogP contribution in [0.2, 0.25) is 0 Å². The number of benzene rings is 2. The number of nitro benzene ring substituents is 1. The maximum absolute atomic E-state index is 13.1. The lowest BCUT2D eigenvalue weighted by atomic mass is 9.85. The van der Waals surface area contributed by atoms with Crippen LogP contribution in [0, 0.1) is 16.0 Å². The smallest absolute Gasteiger partial charge is 0.270 e. The number of nitro groups is 1. The molecule has 0 saturated heterocycles. The highest BCUT2D eigenvalue weighted by Gasteiger charge is 2.28. The van der Waals surface area contributed by atoms with Gasteiger partial charge in [-0.3, -0.25) is 19.7 Å². The topological polar surface area (TPSA) is 123 Å². The van der Waals surface area contributed by atoms with Gasteiger partial charge in [-0.05, 0) is 49.4 Å². The fraction of sp³-hybridized carbons (Fsp3) is 0.440. The van der Waals surface area contributed by atoms with Gasteiger partial charge in [-0.1, -0.05) is 6.07 Å². The largest absolute Gasteiger partial charge is 0.493 e. The lowest BCUT2D eigenvalue weighted by molar-refractivity contribution is -0.384. The van der Waals surface area contributed by atoms with Gasteiger partial charge in [0.05, 0.1) is 24.7 Å². The molecule has 0 radical (unpaired) electrons. The van der Waals surface area contributed by atoms with Gasteiger partial charge in [-0.25, -0.2) is 0 Å². The number of non-ortho nitro benzene ring substituents is 1. The Morgan fingerprint density at radius 1 is 1.03 bits per heavy atom. The summed E-state index contributed by atoms with van der Waals surface area (Å²) in [5.41, 5.74) is 1.36. The molecule has 0 aromatic heterocycles. The van der Waals surface area contributed by atoms with E-state index in [-0.39, 0.29) is 35.7 Å². The number of nitrogens with zero attached hydrogens (tertiary/aromatic N) is 2. The predicted octanol–water partition coefficient (Wildman–Crippen LogP) is 3.60. The fourth-order valence-electron chi connectivity index (χ4n) is 4.30. The van der Waals surface area contributed by atoms with Crippen LogP contribution in [0.4, 0.5) is 11.4 Å². The van der Waals surface area contributed by atoms with E-state index >= 15 is 0 Å². The van der Waals surface area contributed by atoms with Crippen molar-refractivity contribution < 1.29 is 24.0 Å². The Kier molecular flexibility index (Phi) is 8.51. The Morgan fingerprint density at radius 3 is 2.31 bits per heavy atom. The highest BCUT2D eigenvalue weighted by Crippen LogP contribution is 2.31. The number of amides is 2. The minimum absolute atomic E-state index is 0.00386. The Labute approximate surface area is 204 Å². The average Bonchev–Trinajstić information content (AvgIpc) is 2.87. The fourth-order valence-corrected chi connectivity index (χ4v) is 4.30. The molecule has 0 atom stereocenters. The van der Waals surface area contributed by atoms with Crippen LogP contribution in [0.3, 0.4) is 0 Å². The second-order valence-corrected chi connectivity index (χ2v) is 8.78. The van der Waals surface area contributed by atoms with Crippen molar-refractivity contribution in [3.05, 3.63) is 57.6 Å². The molecule has 2 N–H and O–H groups in total. The molecule has 1 aliphatic carbocycles. The average molecular weight is 485 g/mol. The second kappa shape index (κ2) is 11.5. The van der Waals surface area contributed by atoms with Crippen LogP contribution in [0.1, 0.15) is 41.6 Å². The first kappa shape index (κ1) is 25.8. The van der Waals surface area contributed by atoms with Gasteiger partial charge in [-0.15, -0.1) is 0 Å². The Bertz CT molecular complexity index is 1080. The molecule has 1 aliphatic rings. The molecule has 1 saturated carbocycles. The molecule has 10 heteroatoms. The molecule has 1 fully saturated rings. The number of carbonyl (C=O) groups is 2. The van der Waals surface area contributed by atoms with Crippen LogP contribution in [0.15, 0.2) is 36.4 Å². The van der Waals surface area contributed by atoms with Crippen LogP contribution in [0.25, 0.3) is 0 Å². The van der Waals surface area contributed by atoms with Crippen molar-refractivity contribution in [2.24, 2.45) is 5.92 Å². The van der Waals surface area contributed by atoms with Crippen LogP contribution in [-0.4, -0.2) is 56.0 Å². The molecule has 0 heterocycles. The minimum Gasteiger partial charge on any atom is -0.493 e. The van der Waals surface area contributed by atoms with Crippen LogP contribution in [0.5, 0.6) is 11.5 Å². The van der Waals surface area contributed by atoms with Gasteiger partial charge in [0.25, 0.3) is 11.6 Å². The van der Waals surface area contributed by atoms with Crippen LogP contribution >= 0.6 is 0 Å². The maximum Gasteiger partial charge on any atom is 0.270 e. The van der Waals surface area contributed by atoms with E-state index in [1.54, 1.807) is 44.3 Å². The number of ether oxygens (including phenoxy) is 2. The van der Waals surface area contributed by atoms with E-state index in [4.69, 9.17) is 9.47 Å². The summed E-state index contributed by atoms with van der Waals surface area (Å²) in [5, 5.41) is 17.5. The number of anilines is 1. The second-order valence-electron chi connectivity index (χ2n) is 8.78. The summed E-state index contributed by atoms with van der Waals surface area (Å²) in [6, 6.07) is 9.63. The molecule has 2 amide bonds. The number of carbonyl (C=O) groups excluding carboxylic acids is 2. The molecule has 3 rings (SSSR count). The van der Waals surface area contributed by atoms with Crippen molar-refractivity contribution in [3.63, 3.8) is 0 Å². The van der Waals surface area contributed by atoms with E-state index in [0.717, 1.165) is 31.2 Å². The quantitative estimate of drug-likeness (QED) is 0.412. The van der Waals surface area contributed by atoms with E-state index in [1.807, 2.05) is 6.07 Å². The highest BCUT2D eigenvalue weighted by molar-refractivity contribution is 6.00. The SMILES string of the molecule is COc1ccc(CNC(=O)c2cc([N+](=O)[O-])ccc2NC2CCC(C(=O)N(C)C)CC2)cc1OC. The van der Waals surface area contributed by atoms with Crippen molar-refractivity contribution in [1.82, 2.24) is 10.2 Å². The Balaban J connectivity index is 1.72. The molecule has 35 heavy (non-hydrogen) atoms.